The Morgan fingerprint density at radius 3 is 2.47 bits per heavy atom. The Labute approximate surface area is 175 Å². The number of methoxy groups -OCH3 is 1. The summed E-state index contributed by atoms with van der Waals surface area (Å²) in [5.74, 6) is -0.0592. The number of amides is 1. The maximum atomic E-state index is 12.9. The normalized spacial score (nSPS) is 10.7. The first-order valence-corrected chi connectivity index (χ1v) is 9.75. The molecule has 0 aliphatic carbocycles. The van der Waals surface area contributed by atoms with E-state index in [1.165, 1.54) is 0 Å². The van der Waals surface area contributed by atoms with Crippen molar-refractivity contribution in [2.24, 2.45) is 0 Å². The zero-order valence-electron chi connectivity index (χ0n) is 17.3. The fraction of sp³-hybridized carbons (Fsp3) is 0.261. The predicted molar refractivity (Wildman–Crippen MR) is 114 cm³/mol. The van der Waals surface area contributed by atoms with Crippen LogP contribution in [0.1, 0.15) is 30.6 Å². The third-order valence-corrected chi connectivity index (χ3v) is 4.32. The van der Waals surface area contributed by atoms with Crippen molar-refractivity contribution in [3.63, 3.8) is 0 Å². The van der Waals surface area contributed by atoms with Crippen molar-refractivity contribution in [3.8, 4) is 22.7 Å². The molecule has 0 aliphatic heterocycles. The highest BCUT2D eigenvalue weighted by molar-refractivity contribution is 6.00. The van der Waals surface area contributed by atoms with Gasteiger partial charge in [-0.25, -0.2) is 4.68 Å². The van der Waals surface area contributed by atoms with Crippen LogP contribution in [-0.4, -0.2) is 41.4 Å². The lowest BCUT2D eigenvalue weighted by molar-refractivity contribution is -0.147. The Morgan fingerprint density at radius 1 is 1.07 bits per heavy atom. The molecule has 0 saturated carbocycles. The van der Waals surface area contributed by atoms with Crippen molar-refractivity contribution in [2.75, 3.05) is 13.7 Å². The van der Waals surface area contributed by atoms with Gasteiger partial charge in [-0.15, -0.1) is 0 Å². The Bertz CT molecular complexity index is 1010. The predicted octanol–water partition coefficient (Wildman–Crippen LogP) is 3.62. The number of carbonyl (C=O) groups is 2. The van der Waals surface area contributed by atoms with Gasteiger partial charge in [-0.05, 0) is 38.1 Å². The lowest BCUT2D eigenvalue weighted by Gasteiger charge is -2.09. The summed E-state index contributed by atoms with van der Waals surface area (Å²) < 4.78 is 12.2. The van der Waals surface area contributed by atoms with E-state index in [9.17, 15) is 9.59 Å². The number of esters is 1. The van der Waals surface area contributed by atoms with Gasteiger partial charge in [0.1, 0.15) is 11.4 Å². The van der Waals surface area contributed by atoms with E-state index in [4.69, 9.17) is 9.47 Å². The summed E-state index contributed by atoms with van der Waals surface area (Å²) in [4.78, 5) is 24.7. The molecule has 0 spiro atoms. The number of benzene rings is 2. The zero-order chi connectivity index (χ0) is 21.5. The van der Waals surface area contributed by atoms with Crippen LogP contribution in [0.3, 0.4) is 0 Å². The molecule has 0 atom stereocenters. The molecule has 3 rings (SSSR count). The van der Waals surface area contributed by atoms with Gasteiger partial charge in [0.05, 0.1) is 30.9 Å². The average Bonchev–Trinajstić information content (AvgIpc) is 3.19. The lowest BCUT2D eigenvalue weighted by atomic mass is 10.1. The molecule has 0 fully saturated rings. The zero-order valence-corrected chi connectivity index (χ0v) is 17.3. The lowest BCUT2D eigenvalue weighted by Crippen LogP contribution is -2.27. The molecular weight excluding hydrogens is 382 g/mol. The summed E-state index contributed by atoms with van der Waals surface area (Å²) in [5.41, 5.74) is 2.42. The van der Waals surface area contributed by atoms with Gasteiger partial charge in [-0.2, -0.15) is 5.10 Å². The van der Waals surface area contributed by atoms with E-state index in [1.807, 2.05) is 54.6 Å². The molecule has 0 aliphatic rings. The molecule has 0 bridgehead atoms. The third-order valence-electron chi connectivity index (χ3n) is 4.32. The number of aromatic nitrogens is 2. The van der Waals surface area contributed by atoms with Gasteiger partial charge < -0.3 is 14.8 Å². The Balaban J connectivity index is 1.89. The molecule has 1 aromatic heterocycles. The summed E-state index contributed by atoms with van der Waals surface area (Å²) >= 11 is 0. The minimum atomic E-state index is -0.352. The van der Waals surface area contributed by atoms with Gasteiger partial charge >= 0.3 is 5.97 Å². The molecular formula is C23H25N3O4. The standard InChI is InChI=1S/C23H25N3O4/c1-16(2)30-21(27)13-14-24-23(28)19-15-26(17-9-5-4-6-10-17)25-22(19)18-11-7-8-12-20(18)29-3/h4-12,15-16H,13-14H2,1-3H3,(H,24,28). The second-order valence-corrected chi connectivity index (χ2v) is 6.92. The van der Waals surface area contributed by atoms with Crippen molar-refractivity contribution in [3.05, 3.63) is 66.4 Å². The van der Waals surface area contributed by atoms with Crippen LogP contribution >= 0.6 is 0 Å². The second kappa shape index (κ2) is 9.73. The fourth-order valence-corrected chi connectivity index (χ4v) is 2.99. The van der Waals surface area contributed by atoms with Crippen molar-refractivity contribution in [1.82, 2.24) is 15.1 Å². The highest BCUT2D eigenvalue weighted by atomic mass is 16.5. The highest BCUT2D eigenvalue weighted by Crippen LogP contribution is 2.31. The summed E-state index contributed by atoms with van der Waals surface area (Å²) in [7, 11) is 1.58. The summed E-state index contributed by atoms with van der Waals surface area (Å²) in [5, 5.41) is 7.43. The molecule has 3 aromatic rings. The quantitative estimate of drug-likeness (QED) is 0.577. The number of rotatable bonds is 8. The third kappa shape index (κ3) is 5.05. The number of carbonyl (C=O) groups excluding carboxylic acids is 2. The second-order valence-electron chi connectivity index (χ2n) is 6.92. The largest absolute Gasteiger partial charge is 0.496 e. The molecule has 1 N–H and O–H groups in total. The van der Waals surface area contributed by atoms with Crippen LogP contribution < -0.4 is 10.1 Å². The van der Waals surface area contributed by atoms with Gasteiger partial charge in [0.15, 0.2) is 0 Å². The van der Waals surface area contributed by atoms with Gasteiger partial charge in [0.25, 0.3) is 5.91 Å². The van der Waals surface area contributed by atoms with Crippen molar-refractivity contribution in [1.29, 1.82) is 0 Å². The molecule has 0 unspecified atom stereocenters. The first kappa shape index (κ1) is 21.1. The van der Waals surface area contributed by atoms with Crippen LogP contribution in [0.15, 0.2) is 60.8 Å². The van der Waals surface area contributed by atoms with Gasteiger partial charge in [0.2, 0.25) is 0 Å². The number of hydrogen-bond donors (Lipinski definition) is 1. The SMILES string of the molecule is COc1ccccc1-c1nn(-c2ccccc2)cc1C(=O)NCCC(=O)OC(C)C. The van der Waals surface area contributed by atoms with Gasteiger partial charge in [-0.3, -0.25) is 9.59 Å². The molecule has 30 heavy (non-hydrogen) atoms. The minimum Gasteiger partial charge on any atom is -0.496 e. The van der Waals surface area contributed by atoms with E-state index in [0.29, 0.717) is 22.6 Å². The molecule has 0 saturated heterocycles. The highest BCUT2D eigenvalue weighted by Gasteiger charge is 2.21. The molecule has 1 heterocycles. The van der Waals surface area contributed by atoms with E-state index < -0.39 is 0 Å². The summed E-state index contributed by atoms with van der Waals surface area (Å²) in [6.07, 6.45) is 1.59. The average molecular weight is 407 g/mol. The smallest absolute Gasteiger partial charge is 0.307 e. The Morgan fingerprint density at radius 2 is 1.77 bits per heavy atom. The number of nitrogens with zero attached hydrogens (tertiary/aromatic N) is 2. The summed E-state index contributed by atoms with van der Waals surface area (Å²) in [6.45, 7) is 3.74. The molecule has 0 radical (unpaired) electrons. The Kier molecular flexibility index (Phi) is 6.85. The minimum absolute atomic E-state index is 0.0980. The number of hydrogen-bond acceptors (Lipinski definition) is 5. The van der Waals surface area contributed by atoms with Crippen LogP contribution in [-0.2, 0) is 9.53 Å². The van der Waals surface area contributed by atoms with E-state index >= 15 is 0 Å². The molecule has 1 amide bonds. The first-order valence-electron chi connectivity index (χ1n) is 9.75. The maximum absolute atomic E-state index is 12.9. The van der Waals surface area contributed by atoms with Crippen molar-refractivity contribution < 1.29 is 19.1 Å². The van der Waals surface area contributed by atoms with Crippen molar-refractivity contribution in [2.45, 2.75) is 26.4 Å². The fourth-order valence-electron chi connectivity index (χ4n) is 2.99. The first-order chi connectivity index (χ1) is 14.5. The van der Waals surface area contributed by atoms with Crippen LogP contribution in [0.2, 0.25) is 0 Å². The summed E-state index contributed by atoms with van der Waals surface area (Å²) in [6, 6.07) is 16.9. The van der Waals surface area contributed by atoms with E-state index in [0.717, 1.165) is 5.69 Å². The number of ether oxygens (including phenoxy) is 2. The van der Waals surface area contributed by atoms with Crippen LogP contribution in [0, 0.1) is 0 Å². The molecule has 2 aromatic carbocycles. The van der Waals surface area contributed by atoms with Crippen molar-refractivity contribution >= 4 is 11.9 Å². The Hall–Kier alpha value is -3.61. The van der Waals surface area contributed by atoms with Crippen LogP contribution in [0.4, 0.5) is 0 Å². The van der Waals surface area contributed by atoms with E-state index in [1.54, 1.807) is 31.8 Å². The topological polar surface area (TPSA) is 82.5 Å². The van der Waals surface area contributed by atoms with Gasteiger partial charge in [-0.1, -0.05) is 30.3 Å². The van der Waals surface area contributed by atoms with Crippen LogP contribution in [0.25, 0.3) is 16.9 Å². The maximum Gasteiger partial charge on any atom is 0.307 e. The molecule has 7 nitrogen and oxygen atoms in total. The monoisotopic (exact) mass is 407 g/mol. The van der Waals surface area contributed by atoms with E-state index in [-0.39, 0.29) is 30.9 Å². The number of nitrogens with one attached hydrogen (secondary N) is 1. The molecule has 7 heteroatoms. The van der Waals surface area contributed by atoms with Gasteiger partial charge in [0, 0.05) is 18.3 Å². The molecule has 156 valence electrons. The van der Waals surface area contributed by atoms with E-state index in [2.05, 4.69) is 10.4 Å². The van der Waals surface area contributed by atoms with Crippen LogP contribution in [0.5, 0.6) is 5.75 Å². The number of para-hydroxylation sites is 2.